The largest absolute Gasteiger partial charge is 0.493 e. The molecule has 166 valence electrons. The molecule has 2 heterocycles. The lowest BCUT2D eigenvalue weighted by Crippen LogP contribution is -2.29. The van der Waals surface area contributed by atoms with Gasteiger partial charge in [-0.25, -0.2) is 4.39 Å². The quantitative estimate of drug-likeness (QED) is 0.455. The number of H-pyrrole nitrogens is 1. The van der Waals surface area contributed by atoms with E-state index in [4.69, 9.17) is 9.47 Å². The summed E-state index contributed by atoms with van der Waals surface area (Å²) in [7, 11) is 3.14. The van der Waals surface area contributed by atoms with E-state index in [1.165, 1.54) is 12.1 Å². The SMILES string of the molecule is COc1ccc(C2c3c(-c4ccc(C)cc4)n[nH]c3C(=O)N2c2ccc(F)cc2)cc1OC. The third kappa shape index (κ3) is 3.42. The molecule has 1 aliphatic heterocycles. The number of amides is 1. The number of rotatable bonds is 5. The number of ether oxygens (including phenoxy) is 2. The molecule has 0 radical (unpaired) electrons. The summed E-state index contributed by atoms with van der Waals surface area (Å²) in [5, 5.41) is 7.43. The number of aromatic amines is 1. The Balaban J connectivity index is 1.72. The van der Waals surface area contributed by atoms with Crippen LogP contribution in [0.3, 0.4) is 0 Å². The fourth-order valence-corrected chi connectivity index (χ4v) is 4.28. The average Bonchev–Trinajstić information content (AvgIpc) is 3.39. The molecule has 6 nitrogen and oxygen atoms in total. The second-order valence-corrected chi connectivity index (χ2v) is 7.90. The summed E-state index contributed by atoms with van der Waals surface area (Å²) in [4.78, 5) is 15.2. The summed E-state index contributed by atoms with van der Waals surface area (Å²) in [6.07, 6.45) is 0. The van der Waals surface area contributed by atoms with E-state index in [1.54, 1.807) is 31.3 Å². The van der Waals surface area contributed by atoms with Crippen molar-refractivity contribution in [3.63, 3.8) is 0 Å². The number of hydrogen-bond donors (Lipinski definition) is 1. The Morgan fingerprint density at radius 2 is 1.64 bits per heavy atom. The molecule has 0 bridgehead atoms. The van der Waals surface area contributed by atoms with Crippen LogP contribution >= 0.6 is 0 Å². The molecule has 1 unspecified atom stereocenters. The van der Waals surface area contributed by atoms with Gasteiger partial charge in [0.15, 0.2) is 11.5 Å². The van der Waals surface area contributed by atoms with Crippen LogP contribution in [0.4, 0.5) is 10.1 Å². The van der Waals surface area contributed by atoms with Crippen LogP contribution in [-0.4, -0.2) is 30.3 Å². The lowest BCUT2D eigenvalue weighted by molar-refractivity contribution is 0.0988. The maximum atomic E-state index is 13.6. The average molecular weight is 443 g/mol. The number of methoxy groups -OCH3 is 2. The summed E-state index contributed by atoms with van der Waals surface area (Å²) < 4.78 is 24.6. The molecule has 0 saturated carbocycles. The van der Waals surface area contributed by atoms with E-state index in [2.05, 4.69) is 10.2 Å². The first kappa shape index (κ1) is 20.8. The number of fused-ring (bicyclic) bond motifs is 1. The van der Waals surface area contributed by atoms with Gasteiger partial charge in [-0.15, -0.1) is 0 Å². The first-order chi connectivity index (χ1) is 16.0. The maximum absolute atomic E-state index is 13.6. The highest BCUT2D eigenvalue weighted by atomic mass is 19.1. The van der Waals surface area contributed by atoms with E-state index in [0.717, 1.165) is 22.3 Å². The highest BCUT2D eigenvalue weighted by Gasteiger charge is 2.43. The monoisotopic (exact) mass is 443 g/mol. The molecule has 3 aromatic carbocycles. The van der Waals surface area contributed by atoms with Gasteiger partial charge in [0.25, 0.3) is 5.91 Å². The second-order valence-electron chi connectivity index (χ2n) is 7.90. The number of hydrogen-bond acceptors (Lipinski definition) is 4. The third-order valence-electron chi connectivity index (χ3n) is 5.92. The number of halogens is 1. The van der Waals surface area contributed by atoms with Gasteiger partial charge in [-0.1, -0.05) is 35.9 Å². The number of aryl methyl sites for hydroxylation is 1. The van der Waals surface area contributed by atoms with Gasteiger partial charge < -0.3 is 9.47 Å². The van der Waals surface area contributed by atoms with Crippen molar-refractivity contribution in [2.75, 3.05) is 19.1 Å². The Hall–Kier alpha value is -4.13. The topological polar surface area (TPSA) is 67.5 Å². The molecule has 1 amide bonds. The minimum Gasteiger partial charge on any atom is -0.493 e. The normalized spacial score (nSPS) is 15.0. The van der Waals surface area contributed by atoms with Crippen LogP contribution in [0.2, 0.25) is 0 Å². The zero-order valence-corrected chi connectivity index (χ0v) is 18.4. The highest BCUT2D eigenvalue weighted by Crippen LogP contribution is 2.46. The number of nitrogens with one attached hydrogen (secondary N) is 1. The maximum Gasteiger partial charge on any atom is 0.277 e. The van der Waals surface area contributed by atoms with Crippen molar-refractivity contribution in [3.05, 3.63) is 94.9 Å². The molecule has 0 aliphatic carbocycles. The van der Waals surface area contributed by atoms with Gasteiger partial charge >= 0.3 is 0 Å². The van der Waals surface area contributed by atoms with Crippen LogP contribution in [0, 0.1) is 12.7 Å². The minimum atomic E-state index is -0.493. The van der Waals surface area contributed by atoms with Crippen molar-refractivity contribution >= 4 is 11.6 Å². The number of benzene rings is 3. The number of carbonyl (C=O) groups excluding carboxylic acids is 1. The van der Waals surface area contributed by atoms with E-state index >= 15 is 0 Å². The molecule has 0 saturated heterocycles. The van der Waals surface area contributed by atoms with Gasteiger partial charge in [-0.2, -0.15) is 5.10 Å². The zero-order valence-electron chi connectivity index (χ0n) is 18.4. The number of anilines is 1. The lowest BCUT2D eigenvalue weighted by atomic mass is 9.95. The Kier molecular flexibility index (Phi) is 5.09. The minimum absolute atomic E-state index is 0.234. The van der Waals surface area contributed by atoms with E-state index < -0.39 is 6.04 Å². The smallest absolute Gasteiger partial charge is 0.277 e. The van der Waals surface area contributed by atoms with Crippen molar-refractivity contribution in [2.24, 2.45) is 0 Å². The van der Waals surface area contributed by atoms with Gasteiger partial charge in [0.2, 0.25) is 0 Å². The van der Waals surface area contributed by atoms with Gasteiger partial charge in [0.1, 0.15) is 11.5 Å². The van der Waals surface area contributed by atoms with Crippen molar-refractivity contribution in [2.45, 2.75) is 13.0 Å². The van der Waals surface area contributed by atoms with E-state index in [1.807, 2.05) is 49.4 Å². The van der Waals surface area contributed by atoms with E-state index in [0.29, 0.717) is 28.6 Å². The number of aromatic nitrogens is 2. The van der Waals surface area contributed by atoms with Crippen LogP contribution in [-0.2, 0) is 0 Å². The summed E-state index contributed by atoms with van der Waals surface area (Å²) in [6, 6.07) is 19.0. The van der Waals surface area contributed by atoms with Crippen molar-refractivity contribution in [1.82, 2.24) is 10.2 Å². The lowest BCUT2D eigenvalue weighted by Gasteiger charge is -2.27. The first-order valence-electron chi connectivity index (χ1n) is 10.5. The van der Waals surface area contributed by atoms with E-state index in [-0.39, 0.29) is 11.7 Å². The van der Waals surface area contributed by atoms with Gasteiger partial charge in [0.05, 0.1) is 26.0 Å². The molecule has 1 N–H and O–H groups in total. The number of carbonyl (C=O) groups is 1. The summed E-state index contributed by atoms with van der Waals surface area (Å²) in [6.45, 7) is 2.02. The molecular formula is C26H22FN3O3. The third-order valence-corrected chi connectivity index (χ3v) is 5.92. The van der Waals surface area contributed by atoms with Crippen LogP contribution in [0.5, 0.6) is 11.5 Å². The van der Waals surface area contributed by atoms with Crippen LogP contribution in [0.1, 0.15) is 33.2 Å². The molecule has 1 aromatic heterocycles. The molecule has 33 heavy (non-hydrogen) atoms. The van der Waals surface area contributed by atoms with Crippen molar-refractivity contribution in [1.29, 1.82) is 0 Å². The van der Waals surface area contributed by atoms with Crippen molar-refractivity contribution in [3.8, 4) is 22.8 Å². The Morgan fingerprint density at radius 3 is 2.30 bits per heavy atom. The standard InChI is InChI=1S/C26H22FN3O3/c1-15-4-6-16(7-5-15)23-22-24(29-28-23)26(31)30(19-11-9-18(27)10-12-19)25(22)17-8-13-20(32-2)21(14-17)33-3/h4-14,25H,1-3H3,(H,28,29). The summed E-state index contributed by atoms with van der Waals surface area (Å²) >= 11 is 0. The molecule has 4 aromatic rings. The number of nitrogens with zero attached hydrogens (tertiary/aromatic N) is 2. The molecule has 0 fully saturated rings. The summed E-state index contributed by atoms with van der Waals surface area (Å²) in [5.41, 5.74) is 5.31. The molecule has 0 spiro atoms. The highest BCUT2D eigenvalue weighted by molar-refractivity contribution is 6.11. The molecule has 7 heteroatoms. The predicted octanol–water partition coefficient (Wildman–Crippen LogP) is 5.29. The fourth-order valence-electron chi connectivity index (χ4n) is 4.28. The van der Waals surface area contributed by atoms with Crippen LogP contribution in [0.25, 0.3) is 11.3 Å². The molecule has 1 atom stereocenters. The van der Waals surface area contributed by atoms with E-state index in [9.17, 15) is 9.18 Å². The summed E-state index contributed by atoms with van der Waals surface area (Å²) in [5.74, 6) is 0.538. The molecule has 1 aliphatic rings. The Bertz CT molecular complexity index is 1330. The Labute approximate surface area is 190 Å². The Morgan fingerprint density at radius 1 is 0.939 bits per heavy atom. The van der Waals surface area contributed by atoms with Crippen LogP contribution < -0.4 is 14.4 Å². The molecular weight excluding hydrogens is 421 g/mol. The van der Waals surface area contributed by atoms with Gasteiger partial charge in [0, 0.05) is 16.8 Å². The zero-order chi connectivity index (χ0) is 23.1. The van der Waals surface area contributed by atoms with Gasteiger partial charge in [-0.3, -0.25) is 14.8 Å². The molecule has 5 rings (SSSR count). The van der Waals surface area contributed by atoms with Crippen LogP contribution in [0.15, 0.2) is 66.7 Å². The second kappa shape index (κ2) is 8.09. The fraction of sp³-hybridized carbons (Fsp3) is 0.154. The van der Waals surface area contributed by atoms with Crippen molar-refractivity contribution < 1.29 is 18.7 Å². The van der Waals surface area contributed by atoms with Gasteiger partial charge in [-0.05, 0) is 48.9 Å². The predicted molar refractivity (Wildman–Crippen MR) is 123 cm³/mol. The first-order valence-corrected chi connectivity index (χ1v) is 10.5.